The van der Waals surface area contributed by atoms with Gasteiger partial charge in [0, 0.05) is 18.6 Å². The fourth-order valence-corrected chi connectivity index (χ4v) is 2.74. The molecule has 0 heterocycles. The molecule has 0 unspecified atom stereocenters. The molecule has 0 saturated heterocycles. The van der Waals surface area contributed by atoms with E-state index in [2.05, 4.69) is 0 Å². The van der Waals surface area contributed by atoms with Crippen molar-refractivity contribution in [3.63, 3.8) is 0 Å². The van der Waals surface area contributed by atoms with Gasteiger partial charge in [0.2, 0.25) is 0 Å². The van der Waals surface area contributed by atoms with Crippen molar-refractivity contribution in [3.8, 4) is 0 Å². The Morgan fingerprint density at radius 2 is 1.91 bits per heavy atom. The Balaban J connectivity index is 0.000000605. The summed E-state index contributed by atoms with van der Waals surface area (Å²) in [5, 5.41) is 8.92. The molecule has 0 aliphatic heterocycles. The van der Waals surface area contributed by atoms with Crippen molar-refractivity contribution in [1.82, 2.24) is 0 Å². The van der Waals surface area contributed by atoms with E-state index >= 15 is 0 Å². The van der Waals surface area contributed by atoms with Gasteiger partial charge in [0.15, 0.2) is 0 Å². The number of fused-ring (bicyclic) bond motifs is 1. The molecule has 0 spiro atoms. The topological polar surface area (TPSA) is 46.2 Å². The van der Waals surface area contributed by atoms with E-state index in [1.165, 1.54) is 19.3 Å². The average Bonchev–Trinajstić information content (AvgIpc) is 2.33. The summed E-state index contributed by atoms with van der Waals surface area (Å²) in [6.45, 7) is 0.308. The summed E-state index contributed by atoms with van der Waals surface area (Å²) in [6.07, 6.45) is 3.95. The predicted octanol–water partition coefficient (Wildman–Crippen LogP) is 0.774. The molecule has 0 amide bonds. The van der Waals surface area contributed by atoms with E-state index in [9.17, 15) is 0 Å². The van der Waals surface area contributed by atoms with E-state index in [-0.39, 0.29) is 12.4 Å². The first-order valence-electron chi connectivity index (χ1n) is 4.21. The highest BCUT2D eigenvalue weighted by Crippen LogP contribution is 2.49. The molecule has 0 aromatic carbocycles. The van der Waals surface area contributed by atoms with Gasteiger partial charge < -0.3 is 10.8 Å². The van der Waals surface area contributed by atoms with Gasteiger partial charge in [-0.2, -0.15) is 0 Å². The second-order valence-electron chi connectivity index (χ2n) is 3.68. The molecule has 66 valence electrons. The van der Waals surface area contributed by atoms with Gasteiger partial charge in [0.25, 0.3) is 0 Å². The Hall–Kier alpha value is 0.210. The van der Waals surface area contributed by atoms with Crippen LogP contribution in [0.1, 0.15) is 19.3 Å². The lowest BCUT2D eigenvalue weighted by Crippen LogP contribution is -2.55. The van der Waals surface area contributed by atoms with Crippen LogP contribution in [0.2, 0.25) is 0 Å². The highest BCUT2D eigenvalue weighted by molar-refractivity contribution is 5.85. The number of aliphatic hydroxyl groups excluding tert-OH is 1. The van der Waals surface area contributed by atoms with Crippen molar-refractivity contribution in [1.29, 1.82) is 0 Å². The van der Waals surface area contributed by atoms with Crippen molar-refractivity contribution < 1.29 is 5.11 Å². The first-order chi connectivity index (χ1) is 4.84. The van der Waals surface area contributed by atoms with Crippen LogP contribution < -0.4 is 5.73 Å². The fourth-order valence-electron chi connectivity index (χ4n) is 2.74. The Labute approximate surface area is 73.6 Å². The van der Waals surface area contributed by atoms with E-state index < -0.39 is 0 Å². The number of hydrogen-bond donors (Lipinski definition) is 2. The Morgan fingerprint density at radius 1 is 1.27 bits per heavy atom. The van der Waals surface area contributed by atoms with Crippen LogP contribution in [0.5, 0.6) is 0 Å². The van der Waals surface area contributed by atoms with E-state index in [0.717, 1.165) is 11.8 Å². The molecule has 2 aliphatic rings. The maximum Gasteiger partial charge on any atom is 0.0476 e. The minimum absolute atomic E-state index is 0. The molecule has 0 aromatic rings. The van der Waals surface area contributed by atoms with Gasteiger partial charge in [0.1, 0.15) is 0 Å². The zero-order valence-corrected chi connectivity index (χ0v) is 7.39. The number of hydrogen-bond acceptors (Lipinski definition) is 2. The molecular formula is C8H16ClNO. The molecule has 11 heavy (non-hydrogen) atoms. The van der Waals surface area contributed by atoms with Crippen LogP contribution in [-0.4, -0.2) is 17.8 Å². The standard InChI is InChI=1S/C8H15NO.ClH/c9-8-6-3-1-2-5(6)7(8)4-10;/h5-8,10H,1-4,9H2;1H/t5-,6+,7-,8-;/m0./s1. The first-order valence-corrected chi connectivity index (χ1v) is 4.21. The predicted molar refractivity (Wildman–Crippen MR) is 46.6 cm³/mol. The van der Waals surface area contributed by atoms with Crippen molar-refractivity contribution >= 4 is 12.4 Å². The average molecular weight is 178 g/mol. The van der Waals surface area contributed by atoms with Gasteiger partial charge in [-0.05, 0) is 24.7 Å². The van der Waals surface area contributed by atoms with E-state index in [1.807, 2.05) is 0 Å². The Kier molecular flexibility index (Phi) is 2.79. The molecule has 2 fully saturated rings. The van der Waals surface area contributed by atoms with Crippen molar-refractivity contribution in [2.24, 2.45) is 23.5 Å². The second-order valence-corrected chi connectivity index (χ2v) is 3.68. The summed E-state index contributed by atoms with van der Waals surface area (Å²) in [6, 6.07) is 0.317. The van der Waals surface area contributed by atoms with Gasteiger partial charge >= 0.3 is 0 Å². The summed E-state index contributed by atoms with van der Waals surface area (Å²) >= 11 is 0. The van der Waals surface area contributed by atoms with E-state index in [4.69, 9.17) is 10.8 Å². The van der Waals surface area contributed by atoms with Gasteiger partial charge in [-0.25, -0.2) is 0 Å². The van der Waals surface area contributed by atoms with E-state index in [1.54, 1.807) is 0 Å². The third kappa shape index (κ3) is 1.17. The molecule has 3 heteroatoms. The summed E-state index contributed by atoms with van der Waals surface area (Å²) in [7, 11) is 0. The number of aliphatic hydroxyl groups is 1. The quantitative estimate of drug-likeness (QED) is 0.622. The number of nitrogens with two attached hydrogens (primary N) is 1. The summed E-state index contributed by atoms with van der Waals surface area (Å²) in [5.74, 6) is 1.98. The van der Waals surface area contributed by atoms with Crippen molar-refractivity contribution in [2.45, 2.75) is 25.3 Å². The summed E-state index contributed by atoms with van der Waals surface area (Å²) in [5.41, 5.74) is 5.86. The van der Waals surface area contributed by atoms with Gasteiger partial charge in [-0.1, -0.05) is 6.42 Å². The minimum atomic E-state index is 0. The molecule has 0 bridgehead atoms. The molecule has 4 atom stereocenters. The lowest BCUT2D eigenvalue weighted by Gasteiger charge is -2.46. The highest BCUT2D eigenvalue weighted by Gasteiger charge is 2.49. The molecular weight excluding hydrogens is 162 g/mol. The lowest BCUT2D eigenvalue weighted by molar-refractivity contribution is 0.0170. The summed E-state index contributed by atoms with van der Waals surface area (Å²) < 4.78 is 0. The van der Waals surface area contributed by atoms with E-state index in [0.29, 0.717) is 18.6 Å². The monoisotopic (exact) mass is 177 g/mol. The fraction of sp³-hybridized carbons (Fsp3) is 1.00. The molecule has 2 nitrogen and oxygen atoms in total. The first kappa shape index (κ1) is 9.30. The number of halogens is 1. The third-order valence-electron chi connectivity index (χ3n) is 3.37. The maximum atomic E-state index is 8.92. The van der Waals surface area contributed by atoms with Crippen molar-refractivity contribution in [3.05, 3.63) is 0 Å². The normalized spacial score (nSPS) is 47.5. The molecule has 0 radical (unpaired) electrons. The highest BCUT2D eigenvalue weighted by atomic mass is 35.5. The second kappa shape index (κ2) is 3.30. The zero-order chi connectivity index (χ0) is 7.14. The third-order valence-corrected chi connectivity index (χ3v) is 3.37. The summed E-state index contributed by atoms with van der Waals surface area (Å²) in [4.78, 5) is 0. The zero-order valence-electron chi connectivity index (χ0n) is 6.57. The van der Waals surface area contributed by atoms with Gasteiger partial charge in [-0.15, -0.1) is 12.4 Å². The smallest absolute Gasteiger partial charge is 0.0476 e. The molecule has 0 aromatic heterocycles. The number of rotatable bonds is 1. The lowest BCUT2D eigenvalue weighted by atomic mass is 9.63. The molecule has 2 aliphatic carbocycles. The SMILES string of the molecule is Cl.N[C@@H]1[C@@H](CO)[C@H]2CCC[C@@H]12. The molecule has 2 rings (SSSR count). The Bertz CT molecular complexity index is 142. The van der Waals surface area contributed by atoms with Crippen LogP contribution in [0.15, 0.2) is 0 Å². The molecule has 3 N–H and O–H groups in total. The van der Waals surface area contributed by atoms with Crippen LogP contribution in [0.3, 0.4) is 0 Å². The van der Waals surface area contributed by atoms with Crippen molar-refractivity contribution in [2.75, 3.05) is 6.61 Å². The van der Waals surface area contributed by atoms with Crippen LogP contribution >= 0.6 is 12.4 Å². The largest absolute Gasteiger partial charge is 0.396 e. The maximum absolute atomic E-state index is 8.92. The van der Waals surface area contributed by atoms with Gasteiger partial charge in [-0.3, -0.25) is 0 Å². The van der Waals surface area contributed by atoms with Crippen LogP contribution in [0.4, 0.5) is 0 Å². The minimum Gasteiger partial charge on any atom is -0.396 e. The van der Waals surface area contributed by atoms with Crippen LogP contribution in [0, 0.1) is 17.8 Å². The van der Waals surface area contributed by atoms with Crippen LogP contribution in [-0.2, 0) is 0 Å². The van der Waals surface area contributed by atoms with Gasteiger partial charge in [0.05, 0.1) is 0 Å². The van der Waals surface area contributed by atoms with Crippen LogP contribution in [0.25, 0.3) is 0 Å². The Morgan fingerprint density at radius 3 is 2.55 bits per heavy atom. The molecule has 2 saturated carbocycles.